The second-order valence-electron chi connectivity index (χ2n) is 3.79. The van der Waals surface area contributed by atoms with Crippen molar-refractivity contribution in [1.29, 1.82) is 0 Å². The van der Waals surface area contributed by atoms with Crippen LogP contribution in [0.1, 0.15) is 13.8 Å². The van der Waals surface area contributed by atoms with Gasteiger partial charge in [-0.2, -0.15) is 4.31 Å². The molecule has 102 valence electrons. The quantitative estimate of drug-likeness (QED) is 0.373. The third-order valence-corrected chi connectivity index (χ3v) is 5.85. The van der Waals surface area contributed by atoms with Gasteiger partial charge in [-0.3, -0.25) is 0 Å². The Morgan fingerprint density at radius 1 is 1.61 bits per heavy atom. The van der Waals surface area contributed by atoms with Crippen LogP contribution in [0.2, 0.25) is 4.34 Å². The molecule has 0 aliphatic rings. The Morgan fingerprint density at radius 3 is 2.61 bits per heavy atom. The van der Waals surface area contributed by atoms with E-state index in [-0.39, 0.29) is 22.6 Å². The smallest absolute Gasteiger partial charge is 0.253 e. The van der Waals surface area contributed by atoms with Crippen molar-refractivity contribution in [2.45, 2.75) is 24.1 Å². The van der Waals surface area contributed by atoms with Crippen LogP contribution < -0.4 is 5.73 Å². The molecule has 6 nitrogen and oxygen atoms in total. The van der Waals surface area contributed by atoms with Gasteiger partial charge in [0.15, 0.2) is 5.84 Å². The number of oxime groups is 1. The van der Waals surface area contributed by atoms with Gasteiger partial charge in [-0.15, -0.1) is 11.3 Å². The molecule has 0 bridgehead atoms. The zero-order chi connectivity index (χ0) is 13.9. The Kier molecular flexibility index (Phi) is 4.97. The largest absolute Gasteiger partial charge is 0.409 e. The van der Waals surface area contributed by atoms with Crippen molar-refractivity contribution in [1.82, 2.24) is 4.31 Å². The van der Waals surface area contributed by atoms with Crippen LogP contribution in [0.25, 0.3) is 0 Å². The molecule has 3 N–H and O–H groups in total. The molecular formula is C9H14ClN3O3S2. The van der Waals surface area contributed by atoms with Gasteiger partial charge < -0.3 is 10.9 Å². The summed E-state index contributed by atoms with van der Waals surface area (Å²) >= 11 is 6.70. The Morgan fingerprint density at radius 2 is 2.22 bits per heavy atom. The lowest BCUT2D eigenvalue weighted by Crippen LogP contribution is -2.42. The number of nitrogens with zero attached hydrogens (tertiary/aromatic N) is 2. The average molecular weight is 312 g/mol. The first-order valence-electron chi connectivity index (χ1n) is 5.02. The van der Waals surface area contributed by atoms with E-state index in [2.05, 4.69) is 5.16 Å². The van der Waals surface area contributed by atoms with Crippen LogP contribution in [-0.2, 0) is 10.0 Å². The van der Waals surface area contributed by atoms with Crippen molar-refractivity contribution in [2.75, 3.05) is 6.54 Å². The SMILES string of the molecule is CC(C)N(CC(N)=NO)S(=O)(=O)c1ccc(Cl)s1. The normalized spacial score (nSPS) is 13.5. The maximum absolute atomic E-state index is 12.3. The van der Waals surface area contributed by atoms with Gasteiger partial charge in [0.1, 0.15) is 4.21 Å². The van der Waals surface area contributed by atoms with Gasteiger partial charge in [-0.1, -0.05) is 16.8 Å². The van der Waals surface area contributed by atoms with Gasteiger partial charge in [0.2, 0.25) is 0 Å². The fourth-order valence-corrected chi connectivity index (χ4v) is 4.51. The molecule has 0 amide bonds. The number of hydrogen-bond donors (Lipinski definition) is 2. The monoisotopic (exact) mass is 311 g/mol. The summed E-state index contributed by atoms with van der Waals surface area (Å²) in [5.41, 5.74) is 5.36. The van der Waals surface area contributed by atoms with E-state index in [9.17, 15) is 8.42 Å². The Labute approximate surface area is 115 Å². The van der Waals surface area contributed by atoms with Crippen molar-refractivity contribution in [3.05, 3.63) is 16.5 Å². The molecule has 18 heavy (non-hydrogen) atoms. The van der Waals surface area contributed by atoms with Crippen LogP contribution in [0.15, 0.2) is 21.5 Å². The van der Waals surface area contributed by atoms with Crippen LogP contribution in [0.4, 0.5) is 0 Å². The number of rotatable bonds is 5. The van der Waals surface area contributed by atoms with Crippen molar-refractivity contribution >= 4 is 38.8 Å². The first-order chi connectivity index (χ1) is 8.28. The van der Waals surface area contributed by atoms with Crippen LogP contribution in [0, 0.1) is 0 Å². The van der Waals surface area contributed by atoms with Crippen LogP contribution in [0.5, 0.6) is 0 Å². The summed E-state index contributed by atoms with van der Waals surface area (Å²) < 4.78 is 26.3. The minimum Gasteiger partial charge on any atom is -0.409 e. The fraction of sp³-hybridized carbons (Fsp3) is 0.444. The third kappa shape index (κ3) is 3.35. The third-order valence-electron chi connectivity index (χ3n) is 2.13. The van der Waals surface area contributed by atoms with Crippen LogP contribution in [0.3, 0.4) is 0 Å². The Hall–Kier alpha value is -0.830. The van der Waals surface area contributed by atoms with Crippen LogP contribution >= 0.6 is 22.9 Å². The number of sulfonamides is 1. The lowest BCUT2D eigenvalue weighted by molar-refractivity contribution is 0.312. The highest BCUT2D eigenvalue weighted by molar-refractivity contribution is 7.91. The molecule has 0 unspecified atom stereocenters. The van der Waals surface area contributed by atoms with Gasteiger partial charge in [-0.05, 0) is 26.0 Å². The molecule has 1 aromatic rings. The first-order valence-corrected chi connectivity index (χ1v) is 7.66. The van der Waals surface area contributed by atoms with E-state index < -0.39 is 10.0 Å². The molecule has 0 aromatic carbocycles. The van der Waals surface area contributed by atoms with E-state index in [1.165, 1.54) is 12.1 Å². The molecule has 0 saturated heterocycles. The highest BCUT2D eigenvalue weighted by Gasteiger charge is 2.29. The predicted molar refractivity (Wildman–Crippen MR) is 71.8 cm³/mol. The maximum atomic E-state index is 12.3. The molecule has 0 atom stereocenters. The molecule has 1 aromatic heterocycles. The van der Waals surface area contributed by atoms with Gasteiger partial charge in [-0.25, -0.2) is 8.42 Å². The lowest BCUT2D eigenvalue weighted by Gasteiger charge is -2.24. The fourth-order valence-electron chi connectivity index (χ4n) is 1.29. The number of hydrogen-bond acceptors (Lipinski definition) is 5. The van der Waals surface area contributed by atoms with E-state index in [0.717, 1.165) is 15.6 Å². The molecule has 0 saturated carbocycles. The number of thiophene rings is 1. The summed E-state index contributed by atoms with van der Waals surface area (Å²) in [4.78, 5) is 0. The minimum absolute atomic E-state index is 0.131. The second kappa shape index (κ2) is 5.87. The molecule has 1 rings (SSSR count). The molecule has 0 radical (unpaired) electrons. The first kappa shape index (κ1) is 15.2. The maximum Gasteiger partial charge on any atom is 0.253 e. The van der Waals surface area contributed by atoms with Gasteiger partial charge in [0, 0.05) is 6.04 Å². The molecule has 9 heteroatoms. The summed E-state index contributed by atoms with van der Waals surface area (Å²) in [6.45, 7) is 3.24. The molecule has 1 heterocycles. The number of halogens is 1. The Bertz CT molecular complexity index is 539. The predicted octanol–water partition coefficient (Wildman–Crippen LogP) is 1.55. The molecule has 0 aliphatic carbocycles. The molecular weight excluding hydrogens is 298 g/mol. The number of nitrogens with two attached hydrogens (primary N) is 1. The summed E-state index contributed by atoms with van der Waals surface area (Å²) in [5, 5.41) is 11.3. The lowest BCUT2D eigenvalue weighted by atomic mass is 10.4. The summed E-state index contributed by atoms with van der Waals surface area (Å²) in [5.74, 6) is -0.171. The van der Waals surface area contributed by atoms with E-state index in [1.54, 1.807) is 13.8 Å². The second-order valence-corrected chi connectivity index (χ2v) is 7.63. The van der Waals surface area contributed by atoms with Crippen molar-refractivity contribution in [3.8, 4) is 0 Å². The van der Waals surface area contributed by atoms with E-state index in [4.69, 9.17) is 22.5 Å². The van der Waals surface area contributed by atoms with Crippen molar-refractivity contribution < 1.29 is 13.6 Å². The van der Waals surface area contributed by atoms with Crippen molar-refractivity contribution in [3.63, 3.8) is 0 Å². The van der Waals surface area contributed by atoms with Crippen molar-refractivity contribution in [2.24, 2.45) is 10.9 Å². The summed E-state index contributed by atoms with van der Waals surface area (Å²) in [6, 6.07) is 2.63. The average Bonchev–Trinajstić information content (AvgIpc) is 2.72. The standard InChI is InChI=1S/C9H14ClN3O3S2/c1-6(2)13(5-8(11)12-14)18(15,16)9-4-3-7(10)17-9/h3-4,6,14H,5H2,1-2H3,(H2,11,12). The highest BCUT2D eigenvalue weighted by atomic mass is 35.5. The van der Waals surface area contributed by atoms with Crippen LogP contribution in [-0.4, -0.2) is 36.4 Å². The highest BCUT2D eigenvalue weighted by Crippen LogP contribution is 2.28. The number of amidine groups is 1. The van der Waals surface area contributed by atoms with Gasteiger partial charge in [0.05, 0.1) is 10.9 Å². The zero-order valence-electron chi connectivity index (χ0n) is 9.87. The van der Waals surface area contributed by atoms with Gasteiger partial charge >= 0.3 is 0 Å². The topological polar surface area (TPSA) is 96.0 Å². The van der Waals surface area contributed by atoms with E-state index in [1.807, 2.05) is 0 Å². The van der Waals surface area contributed by atoms with Gasteiger partial charge in [0.25, 0.3) is 10.0 Å². The minimum atomic E-state index is -3.69. The van der Waals surface area contributed by atoms with E-state index in [0.29, 0.717) is 4.34 Å². The summed E-state index contributed by atoms with van der Waals surface area (Å²) in [7, 11) is -3.69. The molecule has 0 aliphatic heterocycles. The zero-order valence-corrected chi connectivity index (χ0v) is 12.3. The van der Waals surface area contributed by atoms with E-state index >= 15 is 0 Å². The molecule has 0 spiro atoms. The Balaban J connectivity index is 3.13. The molecule has 0 fully saturated rings. The summed E-state index contributed by atoms with van der Waals surface area (Å²) in [6.07, 6.45) is 0.